The summed E-state index contributed by atoms with van der Waals surface area (Å²) in [6.07, 6.45) is 0. The number of aryl methyl sites for hydroxylation is 2. The maximum atomic E-state index is 12.9. The third-order valence-electron chi connectivity index (χ3n) is 5.55. The summed E-state index contributed by atoms with van der Waals surface area (Å²) in [5.41, 5.74) is 3.69. The number of nitrogens with one attached hydrogen (secondary N) is 2. The molecule has 0 unspecified atom stereocenters. The van der Waals surface area contributed by atoms with Crippen LogP contribution in [0, 0.1) is 13.8 Å². The van der Waals surface area contributed by atoms with Crippen molar-refractivity contribution in [3.63, 3.8) is 0 Å². The van der Waals surface area contributed by atoms with Crippen LogP contribution in [-0.4, -0.2) is 37.7 Å². The number of rotatable bonds is 8. The van der Waals surface area contributed by atoms with Gasteiger partial charge in [-0.2, -0.15) is 4.72 Å². The average molecular weight is 491 g/mol. The summed E-state index contributed by atoms with van der Waals surface area (Å²) in [6, 6.07) is 20.7. The third kappa shape index (κ3) is 5.31. The monoisotopic (exact) mass is 490 g/mol. The number of benzene rings is 3. The molecule has 0 saturated carbocycles. The van der Waals surface area contributed by atoms with Crippen molar-refractivity contribution in [3.05, 3.63) is 77.9 Å². The molecule has 4 rings (SSSR count). The van der Waals surface area contributed by atoms with Crippen LogP contribution in [0.3, 0.4) is 0 Å². The van der Waals surface area contributed by atoms with E-state index in [-0.39, 0.29) is 11.5 Å². The van der Waals surface area contributed by atoms with Gasteiger partial charge in [-0.3, -0.25) is 4.79 Å². The van der Waals surface area contributed by atoms with Crippen LogP contribution in [-0.2, 0) is 19.6 Å². The van der Waals surface area contributed by atoms with Crippen molar-refractivity contribution in [3.8, 4) is 11.3 Å². The Morgan fingerprint density at radius 2 is 1.63 bits per heavy atom. The molecule has 180 valence electrons. The summed E-state index contributed by atoms with van der Waals surface area (Å²) in [7, 11) is -3.95. The number of carbonyl (C=O) groups excluding carboxylic acids is 1. The Morgan fingerprint density at radius 1 is 0.914 bits per heavy atom. The van der Waals surface area contributed by atoms with Gasteiger partial charge in [0.2, 0.25) is 10.0 Å². The molecule has 2 N–H and O–H groups in total. The van der Waals surface area contributed by atoms with Crippen molar-refractivity contribution < 1.29 is 17.9 Å². The Bertz CT molecular complexity index is 1500. The van der Waals surface area contributed by atoms with Gasteiger partial charge < -0.3 is 10.1 Å². The van der Waals surface area contributed by atoms with Crippen LogP contribution in [0.2, 0.25) is 0 Å². The molecule has 0 spiro atoms. The van der Waals surface area contributed by atoms with Crippen LogP contribution >= 0.6 is 0 Å². The molecule has 1 heterocycles. The first-order valence-corrected chi connectivity index (χ1v) is 12.6. The van der Waals surface area contributed by atoms with Gasteiger partial charge in [0.05, 0.1) is 11.5 Å². The highest BCUT2D eigenvalue weighted by Crippen LogP contribution is 2.33. The SMILES string of the molecule is CCOC(=O)CNS(=O)(=O)c1cc(-c2nnc(Nc3ccccc3C)c3ccccc23)ccc1C. The number of carbonyl (C=O) groups is 1. The van der Waals surface area contributed by atoms with Crippen molar-refractivity contribution >= 4 is 38.3 Å². The van der Waals surface area contributed by atoms with Gasteiger partial charge in [-0.25, -0.2) is 8.42 Å². The largest absolute Gasteiger partial charge is 0.465 e. The zero-order chi connectivity index (χ0) is 25.0. The van der Waals surface area contributed by atoms with Gasteiger partial charge >= 0.3 is 5.97 Å². The number of nitrogens with zero attached hydrogens (tertiary/aromatic N) is 2. The number of para-hydroxylation sites is 1. The molecule has 0 saturated heterocycles. The lowest BCUT2D eigenvalue weighted by molar-refractivity contribution is -0.141. The molecule has 0 atom stereocenters. The molecule has 0 aliphatic rings. The number of esters is 1. The minimum Gasteiger partial charge on any atom is -0.465 e. The Labute approximate surface area is 204 Å². The van der Waals surface area contributed by atoms with Gasteiger partial charge in [0.1, 0.15) is 12.2 Å². The maximum absolute atomic E-state index is 12.9. The normalized spacial score (nSPS) is 11.4. The summed E-state index contributed by atoms with van der Waals surface area (Å²) < 4.78 is 33.0. The van der Waals surface area contributed by atoms with Crippen molar-refractivity contribution in [1.82, 2.24) is 14.9 Å². The van der Waals surface area contributed by atoms with E-state index in [4.69, 9.17) is 4.74 Å². The van der Waals surface area contributed by atoms with E-state index in [1.54, 1.807) is 26.0 Å². The lowest BCUT2D eigenvalue weighted by Gasteiger charge is -2.14. The zero-order valence-corrected chi connectivity index (χ0v) is 20.5. The van der Waals surface area contributed by atoms with Crippen LogP contribution < -0.4 is 10.0 Å². The summed E-state index contributed by atoms with van der Waals surface area (Å²) in [6.45, 7) is 5.10. The molecule has 0 aliphatic heterocycles. The molecule has 1 aromatic heterocycles. The fourth-order valence-corrected chi connectivity index (χ4v) is 4.97. The van der Waals surface area contributed by atoms with E-state index in [0.717, 1.165) is 22.0 Å². The fraction of sp³-hybridized carbons (Fsp3) is 0.192. The molecule has 8 nitrogen and oxygen atoms in total. The average Bonchev–Trinajstić information content (AvgIpc) is 2.85. The van der Waals surface area contributed by atoms with E-state index in [1.165, 1.54) is 0 Å². The molecule has 35 heavy (non-hydrogen) atoms. The second kappa shape index (κ2) is 10.2. The lowest BCUT2D eigenvalue weighted by atomic mass is 10.0. The number of aromatic nitrogens is 2. The molecule has 0 aliphatic carbocycles. The molecule has 0 amide bonds. The third-order valence-corrected chi connectivity index (χ3v) is 7.09. The lowest BCUT2D eigenvalue weighted by Crippen LogP contribution is -2.31. The molecule has 4 aromatic rings. The fourth-order valence-electron chi connectivity index (χ4n) is 3.73. The molecule has 0 fully saturated rings. The van der Waals surface area contributed by atoms with E-state index in [0.29, 0.717) is 22.6 Å². The molecule has 3 aromatic carbocycles. The number of ether oxygens (including phenoxy) is 1. The minimum absolute atomic E-state index is 0.0623. The predicted octanol–water partition coefficient (Wildman–Crippen LogP) is 4.50. The van der Waals surface area contributed by atoms with Crippen LogP contribution in [0.4, 0.5) is 11.5 Å². The van der Waals surface area contributed by atoms with Crippen LogP contribution in [0.5, 0.6) is 0 Å². The number of fused-ring (bicyclic) bond motifs is 1. The molecular weight excluding hydrogens is 464 g/mol. The summed E-state index contributed by atoms with van der Waals surface area (Å²) >= 11 is 0. The van der Waals surface area contributed by atoms with Crippen molar-refractivity contribution in [2.24, 2.45) is 0 Å². The van der Waals surface area contributed by atoms with Crippen LogP contribution in [0.15, 0.2) is 71.6 Å². The standard InChI is InChI=1S/C26H26N4O4S/c1-4-34-24(31)16-27-35(32,33)23-15-19(14-13-18(23)3)25-20-10-6-7-11-21(20)26(30-29-25)28-22-12-8-5-9-17(22)2/h5-15,27H,4,16H2,1-3H3,(H,28,30). The first kappa shape index (κ1) is 24.3. The molecule has 0 bridgehead atoms. The van der Waals surface area contributed by atoms with E-state index < -0.39 is 22.5 Å². The number of sulfonamides is 1. The van der Waals surface area contributed by atoms with E-state index in [1.807, 2.05) is 61.5 Å². The summed E-state index contributed by atoms with van der Waals surface area (Å²) in [4.78, 5) is 11.7. The highest BCUT2D eigenvalue weighted by atomic mass is 32.2. The van der Waals surface area contributed by atoms with E-state index in [9.17, 15) is 13.2 Å². The van der Waals surface area contributed by atoms with Gasteiger partial charge in [0.15, 0.2) is 5.82 Å². The smallest absolute Gasteiger partial charge is 0.321 e. The van der Waals surface area contributed by atoms with Gasteiger partial charge in [0.25, 0.3) is 0 Å². The van der Waals surface area contributed by atoms with Gasteiger partial charge in [-0.15, -0.1) is 10.2 Å². The quantitative estimate of drug-likeness (QED) is 0.350. The number of hydrogen-bond donors (Lipinski definition) is 2. The van der Waals surface area contributed by atoms with Gasteiger partial charge in [-0.1, -0.05) is 54.6 Å². The van der Waals surface area contributed by atoms with Crippen molar-refractivity contribution in [2.45, 2.75) is 25.7 Å². The van der Waals surface area contributed by atoms with Crippen LogP contribution in [0.25, 0.3) is 22.0 Å². The van der Waals surface area contributed by atoms with E-state index >= 15 is 0 Å². The number of hydrogen-bond acceptors (Lipinski definition) is 7. The topological polar surface area (TPSA) is 110 Å². The minimum atomic E-state index is -3.95. The predicted molar refractivity (Wildman–Crippen MR) is 136 cm³/mol. The highest BCUT2D eigenvalue weighted by Gasteiger charge is 2.21. The Hall–Kier alpha value is -3.82. The highest BCUT2D eigenvalue weighted by molar-refractivity contribution is 7.89. The molecular formula is C26H26N4O4S. The Morgan fingerprint density at radius 3 is 2.37 bits per heavy atom. The van der Waals surface area contributed by atoms with Gasteiger partial charge in [0, 0.05) is 22.0 Å². The zero-order valence-electron chi connectivity index (χ0n) is 19.7. The second-order valence-electron chi connectivity index (χ2n) is 7.99. The van der Waals surface area contributed by atoms with E-state index in [2.05, 4.69) is 20.2 Å². The van der Waals surface area contributed by atoms with Crippen molar-refractivity contribution in [1.29, 1.82) is 0 Å². The number of anilines is 2. The first-order valence-electron chi connectivity index (χ1n) is 11.1. The second-order valence-corrected chi connectivity index (χ2v) is 9.73. The summed E-state index contributed by atoms with van der Waals surface area (Å²) in [5.74, 6) is -0.0341. The Balaban J connectivity index is 1.74. The molecule has 0 radical (unpaired) electrons. The summed E-state index contributed by atoms with van der Waals surface area (Å²) in [5, 5.41) is 13.9. The van der Waals surface area contributed by atoms with Gasteiger partial charge in [-0.05, 0) is 44.0 Å². The van der Waals surface area contributed by atoms with Crippen molar-refractivity contribution in [2.75, 3.05) is 18.5 Å². The molecule has 9 heteroatoms. The maximum Gasteiger partial charge on any atom is 0.321 e. The Kier molecular flexibility index (Phi) is 7.09. The van der Waals surface area contributed by atoms with Crippen LogP contribution in [0.1, 0.15) is 18.1 Å². The first-order chi connectivity index (χ1) is 16.8.